The zero-order valence-electron chi connectivity index (χ0n) is 17.2. The molecule has 1 atom stereocenters. The molecule has 9 heteroatoms. The Morgan fingerprint density at radius 2 is 1.93 bits per heavy atom. The fourth-order valence-corrected chi connectivity index (χ4v) is 3.08. The monoisotopic (exact) mass is 511 g/mol. The van der Waals surface area contributed by atoms with Gasteiger partial charge in [-0.1, -0.05) is 6.07 Å². The van der Waals surface area contributed by atoms with E-state index in [0.29, 0.717) is 19.6 Å². The number of hydrogen-bond donors (Lipinski definition) is 3. The maximum Gasteiger partial charge on any atom is 0.407 e. The number of nitrogens with one attached hydrogen (secondary N) is 3. The number of carbonyl (C=O) groups is 1. The van der Waals surface area contributed by atoms with Gasteiger partial charge >= 0.3 is 6.09 Å². The molecule has 0 aliphatic heterocycles. The number of amides is 1. The van der Waals surface area contributed by atoms with Crippen molar-refractivity contribution in [3.8, 4) is 0 Å². The summed E-state index contributed by atoms with van der Waals surface area (Å²) in [6.45, 7) is 10.0. The highest BCUT2D eigenvalue weighted by Gasteiger charge is 2.16. The van der Waals surface area contributed by atoms with Crippen molar-refractivity contribution in [3.63, 3.8) is 0 Å². The average molecular weight is 511 g/mol. The summed E-state index contributed by atoms with van der Waals surface area (Å²) in [5.74, 6) is 0.738. The van der Waals surface area contributed by atoms with E-state index in [0.717, 1.165) is 12.5 Å². The van der Waals surface area contributed by atoms with Gasteiger partial charge in [-0.15, -0.1) is 35.3 Å². The van der Waals surface area contributed by atoms with E-state index < -0.39 is 11.7 Å². The first-order chi connectivity index (χ1) is 12.2. The van der Waals surface area contributed by atoms with Crippen molar-refractivity contribution < 1.29 is 9.53 Å². The van der Waals surface area contributed by atoms with Crippen LogP contribution in [0.3, 0.4) is 0 Å². The van der Waals surface area contributed by atoms with Crippen LogP contribution in [0.15, 0.2) is 22.5 Å². The summed E-state index contributed by atoms with van der Waals surface area (Å²) < 4.78 is 5.21. The first kappa shape index (κ1) is 25.9. The molecule has 1 rings (SSSR count). The molecular weight excluding hydrogens is 477 g/mol. The van der Waals surface area contributed by atoms with E-state index in [2.05, 4.69) is 57.5 Å². The highest BCUT2D eigenvalue weighted by molar-refractivity contribution is 14.0. The number of rotatable bonds is 8. The normalized spacial score (nSPS) is 12.9. The van der Waals surface area contributed by atoms with Crippen LogP contribution in [0.25, 0.3) is 0 Å². The highest BCUT2D eigenvalue weighted by Crippen LogP contribution is 2.23. The third-order valence-electron chi connectivity index (χ3n) is 3.35. The predicted molar refractivity (Wildman–Crippen MR) is 124 cm³/mol. The van der Waals surface area contributed by atoms with E-state index >= 15 is 0 Å². The summed E-state index contributed by atoms with van der Waals surface area (Å²) in [6, 6.07) is 4.44. The Morgan fingerprint density at radius 1 is 1.26 bits per heavy atom. The van der Waals surface area contributed by atoms with Gasteiger partial charge < -0.3 is 25.6 Å². The van der Waals surface area contributed by atoms with Gasteiger partial charge in [-0.25, -0.2) is 4.79 Å². The SMILES string of the molecule is CCNC(=NCC(c1cccs1)N(C)C)NCCNC(=O)OC(C)(C)C.I. The number of ether oxygens (including phenoxy) is 1. The van der Waals surface area contributed by atoms with Crippen LogP contribution >= 0.6 is 35.3 Å². The van der Waals surface area contributed by atoms with Crippen LogP contribution in [-0.2, 0) is 4.74 Å². The second-order valence-corrected chi connectivity index (χ2v) is 8.05. The van der Waals surface area contributed by atoms with Crippen LogP contribution in [0.4, 0.5) is 4.79 Å². The first-order valence-electron chi connectivity index (χ1n) is 8.91. The molecule has 0 bridgehead atoms. The second kappa shape index (κ2) is 13.2. The molecule has 1 unspecified atom stereocenters. The number of halogens is 1. The third-order valence-corrected chi connectivity index (χ3v) is 4.32. The number of hydrogen-bond acceptors (Lipinski definition) is 5. The van der Waals surface area contributed by atoms with Gasteiger partial charge in [-0.05, 0) is 53.2 Å². The molecule has 7 nitrogen and oxygen atoms in total. The minimum atomic E-state index is -0.489. The maximum absolute atomic E-state index is 11.6. The largest absolute Gasteiger partial charge is 0.444 e. The number of likely N-dealkylation sites (N-methyl/N-ethyl adjacent to an activating group) is 1. The van der Waals surface area contributed by atoms with E-state index in [-0.39, 0.29) is 30.0 Å². The van der Waals surface area contributed by atoms with E-state index in [1.54, 1.807) is 11.3 Å². The van der Waals surface area contributed by atoms with Gasteiger partial charge in [0.15, 0.2) is 5.96 Å². The topological polar surface area (TPSA) is 78.0 Å². The van der Waals surface area contributed by atoms with Crippen LogP contribution in [0, 0.1) is 0 Å². The molecular formula is C18H34IN5O2S. The van der Waals surface area contributed by atoms with E-state index in [4.69, 9.17) is 4.74 Å². The molecule has 156 valence electrons. The summed E-state index contributed by atoms with van der Waals surface area (Å²) in [5, 5.41) is 11.3. The van der Waals surface area contributed by atoms with Gasteiger partial charge in [0.2, 0.25) is 0 Å². The Morgan fingerprint density at radius 3 is 2.44 bits per heavy atom. The van der Waals surface area contributed by atoms with Crippen LogP contribution in [0.1, 0.15) is 38.6 Å². The zero-order valence-corrected chi connectivity index (χ0v) is 20.3. The summed E-state index contributed by atoms with van der Waals surface area (Å²) in [7, 11) is 4.12. The molecule has 0 aliphatic rings. The van der Waals surface area contributed by atoms with Crippen molar-refractivity contribution in [1.29, 1.82) is 0 Å². The molecule has 1 aromatic heterocycles. The number of nitrogens with zero attached hydrogens (tertiary/aromatic N) is 2. The maximum atomic E-state index is 11.6. The Kier molecular flexibility index (Phi) is 12.6. The lowest BCUT2D eigenvalue weighted by atomic mass is 10.2. The number of carbonyl (C=O) groups excluding carboxylic acids is 1. The summed E-state index contributed by atoms with van der Waals surface area (Å²) in [6.07, 6.45) is -0.411. The lowest BCUT2D eigenvalue weighted by molar-refractivity contribution is 0.0529. The van der Waals surface area contributed by atoms with Crippen LogP contribution in [0.5, 0.6) is 0 Å². The van der Waals surface area contributed by atoms with Gasteiger partial charge in [-0.2, -0.15) is 0 Å². The summed E-state index contributed by atoms with van der Waals surface area (Å²) in [5.41, 5.74) is -0.489. The van der Waals surface area contributed by atoms with Crippen molar-refractivity contribution in [2.75, 3.05) is 40.3 Å². The molecule has 1 aromatic rings. The Hall–Kier alpha value is -1.07. The van der Waals surface area contributed by atoms with Crippen molar-refractivity contribution in [2.24, 2.45) is 4.99 Å². The number of thiophene rings is 1. The quantitative estimate of drug-likeness (QED) is 0.217. The van der Waals surface area contributed by atoms with Crippen molar-refractivity contribution in [2.45, 2.75) is 39.3 Å². The lowest BCUT2D eigenvalue weighted by Gasteiger charge is -2.22. The standard InChI is InChI=1S/C18H33N5O2S.HI/c1-7-19-16(20-10-11-21-17(24)25-18(2,3)4)22-13-14(23(5)6)15-9-8-12-26-15;/h8-9,12,14H,7,10-11,13H2,1-6H3,(H,21,24)(H2,19,20,22);1H. The zero-order chi connectivity index (χ0) is 19.6. The average Bonchev–Trinajstić information content (AvgIpc) is 3.03. The molecule has 0 radical (unpaired) electrons. The van der Waals surface area contributed by atoms with Crippen LogP contribution in [-0.4, -0.2) is 62.8 Å². The molecule has 1 heterocycles. The molecule has 0 fully saturated rings. The Labute approximate surface area is 184 Å². The molecule has 0 spiro atoms. The fourth-order valence-electron chi connectivity index (χ4n) is 2.17. The van der Waals surface area contributed by atoms with Gasteiger partial charge in [0.1, 0.15) is 5.60 Å². The van der Waals surface area contributed by atoms with Crippen molar-refractivity contribution in [3.05, 3.63) is 22.4 Å². The molecule has 3 N–H and O–H groups in total. The summed E-state index contributed by atoms with van der Waals surface area (Å²) >= 11 is 1.74. The fraction of sp³-hybridized carbons (Fsp3) is 0.667. The van der Waals surface area contributed by atoms with Crippen LogP contribution < -0.4 is 16.0 Å². The smallest absolute Gasteiger partial charge is 0.407 e. The van der Waals surface area contributed by atoms with E-state index in [9.17, 15) is 4.79 Å². The Bertz CT molecular complexity index is 559. The van der Waals surface area contributed by atoms with E-state index in [1.165, 1.54) is 4.88 Å². The van der Waals surface area contributed by atoms with Crippen molar-refractivity contribution >= 4 is 47.4 Å². The first-order valence-corrected chi connectivity index (χ1v) is 9.79. The molecule has 27 heavy (non-hydrogen) atoms. The van der Waals surface area contributed by atoms with Gasteiger partial charge in [0, 0.05) is 24.5 Å². The predicted octanol–water partition coefficient (Wildman–Crippen LogP) is 3.05. The molecule has 0 saturated carbocycles. The van der Waals surface area contributed by atoms with Gasteiger partial charge in [-0.3, -0.25) is 4.99 Å². The molecule has 0 saturated heterocycles. The summed E-state index contributed by atoms with van der Waals surface area (Å²) in [4.78, 5) is 19.8. The number of alkyl carbamates (subject to hydrolysis) is 1. The minimum Gasteiger partial charge on any atom is -0.444 e. The van der Waals surface area contributed by atoms with E-state index in [1.807, 2.05) is 27.7 Å². The van der Waals surface area contributed by atoms with Gasteiger partial charge in [0.05, 0.1) is 12.6 Å². The van der Waals surface area contributed by atoms with Crippen LogP contribution in [0.2, 0.25) is 0 Å². The number of guanidine groups is 1. The Balaban J connectivity index is 0.00000676. The van der Waals surface area contributed by atoms with Crippen molar-refractivity contribution in [1.82, 2.24) is 20.9 Å². The minimum absolute atomic E-state index is 0. The van der Waals surface area contributed by atoms with Gasteiger partial charge in [0.25, 0.3) is 0 Å². The second-order valence-electron chi connectivity index (χ2n) is 7.07. The third kappa shape index (κ3) is 11.4. The molecule has 0 aromatic carbocycles. The molecule has 1 amide bonds. The lowest BCUT2D eigenvalue weighted by Crippen LogP contribution is -2.42. The highest BCUT2D eigenvalue weighted by atomic mass is 127. The molecule has 0 aliphatic carbocycles. The number of aliphatic imine (C=N–C) groups is 1.